The summed E-state index contributed by atoms with van der Waals surface area (Å²) in [6.07, 6.45) is 10.9. The Morgan fingerprint density at radius 2 is 2.19 bits per heavy atom. The van der Waals surface area contributed by atoms with Gasteiger partial charge in [0.15, 0.2) is 11.6 Å². The van der Waals surface area contributed by atoms with E-state index in [2.05, 4.69) is 30.5 Å². The van der Waals surface area contributed by atoms with Gasteiger partial charge in [0.05, 0.1) is 28.7 Å². The second-order valence-electron chi connectivity index (χ2n) is 5.17. The number of nitrogen functional groups attached to an aromatic ring is 1. The molecule has 3 aromatic heterocycles. The van der Waals surface area contributed by atoms with Gasteiger partial charge in [0.2, 0.25) is 0 Å². The molecule has 3 rings (SSSR count). The lowest BCUT2D eigenvalue weighted by Gasteiger charge is -2.08. The Bertz CT molecular complexity index is 956. The van der Waals surface area contributed by atoms with Crippen molar-refractivity contribution in [1.29, 1.82) is 5.26 Å². The number of thioether (sulfide) groups is 1. The third-order valence-corrected chi connectivity index (χ3v) is 4.26. The molecule has 0 saturated heterocycles. The minimum Gasteiger partial charge on any atom is -0.381 e. The van der Waals surface area contributed by atoms with Crippen LogP contribution in [0.2, 0.25) is 0 Å². The average Bonchev–Trinajstić information content (AvgIpc) is 3.14. The number of nitrogens with two attached hydrogens (primary N) is 1. The molecule has 0 radical (unpaired) electrons. The molecule has 0 amide bonds. The lowest BCUT2D eigenvalue weighted by molar-refractivity contribution is 1.08. The number of nitrogens with zero attached hydrogens (tertiary/aromatic N) is 5. The maximum Gasteiger partial charge on any atom is 0.169 e. The largest absolute Gasteiger partial charge is 0.381 e. The fourth-order valence-corrected chi connectivity index (χ4v) is 2.67. The predicted octanol–water partition coefficient (Wildman–Crippen LogP) is 2.56. The first-order valence-electron chi connectivity index (χ1n) is 7.68. The van der Waals surface area contributed by atoms with Crippen molar-refractivity contribution in [3.8, 4) is 17.3 Å². The minimum absolute atomic E-state index is 0.315. The molecule has 0 saturated carbocycles. The van der Waals surface area contributed by atoms with Gasteiger partial charge in [0, 0.05) is 18.3 Å². The third kappa shape index (κ3) is 3.99. The number of rotatable bonds is 6. The monoisotopic (exact) mass is 364 g/mol. The summed E-state index contributed by atoms with van der Waals surface area (Å²) >= 11 is 1.63. The van der Waals surface area contributed by atoms with Crippen molar-refractivity contribution in [3.63, 3.8) is 0 Å². The molecule has 0 fully saturated rings. The number of aromatic amines is 1. The van der Waals surface area contributed by atoms with Gasteiger partial charge in [-0.05, 0) is 24.5 Å². The molecule has 4 N–H and O–H groups in total. The van der Waals surface area contributed by atoms with E-state index in [4.69, 9.17) is 11.0 Å². The quantitative estimate of drug-likeness (QED) is 0.569. The van der Waals surface area contributed by atoms with Crippen LogP contribution in [-0.2, 0) is 0 Å². The zero-order chi connectivity index (χ0) is 18.4. The standard InChI is InChI=1S/C17H16N8S/c1-26-15-10-23-25-13(15)3-2-6-20-17-16(19)22-9-14(24-17)11-4-5-12(7-18)21-8-11/h2-5,8-10H,6H2,1H3,(H2,19,22)(H,20,24)(H,23,25)/b3-2+. The van der Waals surface area contributed by atoms with Crippen LogP contribution < -0.4 is 11.1 Å². The summed E-state index contributed by atoms with van der Waals surface area (Å²) in [6, 6.07) is 5.40. The van der Waals surface area contributed by atoms with Crippen molar-refractivity contribution >= 4 is 29.5 Å². The number of aromatic nitrogens is 5. The van der Waals surface area contributed by atoms with Crippen molar-refractivity contribution in [2.24, 2.45) is 0 Å². The van der Waals surface area contributed by atoms with Gasteiger partial charge >= 0.3 is 0 Å². The number of nitriles is 1. The molecule has 0 aliphatic heterocycles. The second-order valence-corrected chi connectivity index (χ2v) is 6.02. The fraction of sp³-hybridized carbons (Fsp3) is 0.118. The molecule has 0 aliphatic rings. The third-order valence-electron chi connectivity index (χ3n) is 3.50. The topological polar surface area (TPSA) is 129 Å². The molecule has 0 aromatic carbocycles. The summed E-state index contributed by atoms with van der Waals surface area (Å²) in [7, 11) is 0. The molecule has 26 heavy (non-hydrogen) atoms. The lowest BCUT2D eigenvalue weighted by Crippen LogP contribution is -2.06. The molecule has 0 atom stereocenters. The summed E-state index contributed by atoms with van der Waals surface area (Å²) in [5, 5.41) is 18.9. The lowest BCUT2D eigenvalue weighted by atomic mass is 10.2. The van der Waals surface area contributed by atoms with Crippen molar-refractivity contribution in [1.82, 2.24) is 25.1 Å². The highest BCUT2D eigenvalue weighted by atomic mass is 32.2. The minimum atomic E-state index is 0.315. The number of hydrogen-bond acceptors (Lipinski definition) is 8. The summed E-state index contributed by atoms with van der Waals surface area (Å²) in [4.78, 5) is 13.8. The first-order valence-corrected chi connectivity index (χ1v) is 8.90. The number of hydrogen-bond donors (Lipinski definition) is 3. The van der Waals surface area contributed by atoms with E-state index in [1.807, 2.05) is 24.5 Å². The maximum absolute atomic E-state index is 8.82. The van der Waals surface area contributed by atoms with E-state index in [9.17, 15) is 0 Å². The number of pyridine rings is 1. The number of anilines is 2. The van der Waals surface area contributed by atoms with Gasteiger partial charge < -0.3 is 11.1 Å². The van der Waals surface area contributed by atoms with Gasteiger partial charge in [0.1, 0.15) is 11.8 Å². The molecule has 8 nitrogen and oxygen atoms in total. The molecule has 9 heteroatoms. The normalized spacial score (nSPS) is 10.8. The van der Waals surface area contributed by atoms with Crippen molar-refractivity contribution < 1.29 is 0 Å². The summed E-state index contributed by atoms with van der Waals surface area (Å²) in [5.41, 5.74) is 8.59. The summed E-state index contributed by atoms with van der Waals surface area (Å²) < 4.78 is 0. The van der Waals surface area contributed by atoms with Crippen LogP contribution in [0.5, 0.6) is 0 Å². The highest BCUT2D eigenvalue weighted by molar-refractivity contribution is 7.98. The van der Waals surface area contributed by atoms with E-state index >= 15 is 0 Å². The van der Waals surface area contributed by atoms with E-state index in [0.29, 0.717) is 29.6 Å². The Morgan fingerprint density at radius 3 is 2.92 bits per heavy atom. The number of H-pyrrole nitrogens is 1. The molecule has 0 aliphatic carbocycles. The average molecular weight is 364 g/mol. The van der Waals surface area contributed by atoms with Gasteiger partial charge in [-0.1, -0.05) is 6.08 Å². The Balaban J connectivity index is 1.70. The molecule has 3 heterocycles. The van der Waals surface area contributed by atoms with Crippen LogP contribution in [-0.4, -0.2) is 37.9 Å². The van der Waals surface area contributed by atoms with Crippen LogP contribution in [0.4, 0.5) is 11.6 Å². The number of nitrogens with one attached hydrogen (secondary N) is 2. The van der Waals surface area contributed by atoms with E-state index in [0.717, 1.165) is 16.2 Å². The maximum atomic E-state index is 8.82. The van der Waals surface area contributed by atoms with Gasteiger partial charge in [-0.2, -0.15) is 10.4 Å². The van der Waals surface area contributed by atoms with Crippen molar-refractivity contribution in [3.05, 3.63) is 48.2 Å². The van der Waals surface area contributed by atoms with E-state index in [-0.39, 0.29) is 0 Å². The predicted molar refractivity (Wildman–Crippen MR) is 102 cm³/mol. The Hall–Kier alpha value is -3.38. The van der Waals surface area contributed by atoms with E-state index in [1.54, 1.807) is 42.5 Å². The molecule has 0 unspecified atom stereocenters. The molecular formula is C17H16N8S. The fourth-order valence-electron chi connectivity index (χ4n) is 2.18. The van der Waals surface area contributed by atoms with Crippen LogP contribution >= 0.6 is 11.8 Å². The van der Waals surface area contributed by atoms with Gasteiger partial charge in [-0.15, -0.1) is 11.8 Å². The van der Waals surface area contributed by atoms with Gasteiger partial charge in [-0.25, -0.2) is 15.0 Å². The smallest absolute Gasteiger partial charge is 0.169 e. The van der Waals surface area contributed by atoms with Crippen LogP contribution in [0.15, 0.2) is 41.7 Å². The Labute approximate surface area is 154 Å². The molecule has 130 valence electrons. The van der Waals surface area contributed by atoms with Crippen LogP contribution in [0.25, 0.3) is 17.3 Å². The van der Waals surface area contributed by atoms with E-state index < -0.39 is 0 Å². The Morgan fingerprint density at radius 1 is 1.31 bits per heavy atom. The van der Waals surface area contributed by atoms with Crippen LogP contribution in [0, 0.1) is 11.3 Å². The first-order chi connectivity index (χ1) is 12.7. The Kier molecular flexibility index (Phi) is 5.46. The highest BCUT2D eigenvalue weighted by Gasteiger charge is 2.07. The van der Waals surface area contributed by atoms with Gasteiger partial charge in [0.25, 0.3) is 0 Å². The van der Waals surface area contributed by atoms with Crippen molar-refractivity contribution in [2.45, 2.75) is 4.90 Å². The highest BCUT2D eigenvalue weighted by Crippen LogP contribution is 2.21. The summed E-state index contributed by atoms with van der Waals surface area (Å²) in [5.74, 6) is 0.807. The van der Waals surface area contributed by atoms with Crippen LogP contribution in [0.1, 0.15) is 11.4 Å². The van der Waals surface area contributed by atoms with Gasteiger partial charge in [-0.3, -0.25) is 5.10 Å². The SMILES string of the molecule is CSc1cn[nH]c1/C=C/CNc1nc(-c2ccc(C#N)nc2)cnc1N. The molecular weight excluding hydrogens is 348 g/mol. The second kappa shape index (κ2) is 8.13. The molecule has 0 spiro atoms. The zero-order valence-corrected chi connectivity index (χ0v) is 14.8. The van der Waals surface area contributed by atoms with E-state index in [1.165, 1.54) is 0 Å². The molecule has 0 bridgehead atoms. The van der Waals surface area contributed by atoms with Crippen LogP contribution in [0.3, 0.4) is 0 Å². The first kappa shape index (κ1) is 17.4. The van der Waals surface area contributed by atoms with Crippen molar-refractivity contribution in [2.75, 3.05) is 23.9 Å². The summed E-state index contributed by atoms with van der Waals surface area (Å²) in [6.45, 7) is 0.529. The zero-order valence-electron chi connectivity index (χ0n) is 14.0. The molecule has 3 aromatic rings.